The quantitative estimate of drug-likeness (QED) is 0.885. The Morgan fingerprint density at radius 3 is 2.63 bits per heavy atom. The number of carbonyl (C=O) groups is 1. The summed E-state index contributed by atoms with van der Waals surface area (Å²) >= 11 is 0. The summed E-state index contributed by atoms with van der Waals surface area (Å²) < 4.78 is 5.15. The molecule has 1 amide bonds. The maximum atomic E-state index is 12.0. The number of amides is 1. The van der Waals surface area contributed by atoms with Gasteiger partial charge in [-0.3, -0.25) is 4.79 Å². The van der Waals surface area contributed by atoms with E-state index in [4.69, 9.17) is 10.2 Å². The van der Waals surface area contributed by atoms with Gasteiger partial charge in [-0.25, -0.2) is 0 Å². The van der Waals surface area contributed by atoms with E-state index in [-0.39, 0.29) is 11.9 Å². The van der Waals surface area contributed by atoms with Gasteiger partial charge in [0.1, 0.15) is 12.0 Å². The number of furan rings is 1. The third-order valence-electron chi connectivity index (χ3n) is 3.04. The number of rotatable bonds is 4. The van der Waals surface area contributed by atoms with Crippen LogP contribution >= 0.6 is 0 Å². The van der Waals surface area contributed by atoms with Crippen LogP contribution in [0.1, 0.15) is 40.2 Å². The summed E-state index contributed by atoms with van der Waals surface area (Å²) in [6.45, 7) is 4.28. The fourth-order valence-corrected chi connectivity index (χ4v) is 1.83. The van der Waals surface area contributed by atoms with Crippen LogP contribution in [0.5, 0.6) is 0 Å². The van der Waals surface area contributed by atoms with Crippen molar-refractivity contribution in [1.29, 1.82) is 0 Å². The van der Waals surface area contributed by atoms with Gasteiger partial charge < -0.3 is 15.5 Å². The highest BCUT2D eigenvalue weighted by molar-refractivity contribution is 5.94. The number of nitrogens with one attached hydrogen (secondary N) is 1. The van der Waals surface area contributed by atoms with Crippen LogP contribution in [0.2, 0.25) is 0 Å². The molecule has 0 aliphatic rings. The molecule has 1 atom stereocenters. The molecule has 0 saturated heterocycles. The number of nitrogens with two attached hydrogens (primary N) is 1. The van der Waals surface area contributed by atoms with Gasteiger partial charge in [-0.15, -0.1) is 0 Å². The van der Waals surface area contributed by atoms with Gasteiger partial charge >= 0.3 is 0 Å². The molecule has 1 aromatic heterocycles. The number of carbonyl (C=O) groups excluding carboxylic acids is 1. The van der Waals surface area contributed by atoms with E-state index in [1.54, 1.807) is 6.07 Å². The van der Waals surface area contributed by atoms with Gasteiger partial charge in [0.05, 0.1) is 18.2 Å². The molecular weight excluding hydrogens is 240 g/mol. The molecular formula is C15H18N2O2. The zero-order valence-electron chi connectivity index (χ0n) is 11.1. The van der Waals surface area contributed by atoms with E-state index in [1.165, 1.54) is 11.8 Å². The molecule has 0 spiro atoms. The Morgan fingerprint density at radius 1 is 1.37 bits per heavy atom. The van der Waals surface area contributed by atoms with Gasteiger partial charge in [0.15, 0.2) is 0 Å². The van der Waals surface area contributed by atoms with Crippen molar-refractivity contribution in [2.45, 2.75) is 26.4 Å². The number of hydrogen-bond donors (Lipinski definition) is 2. The summed E-state index contributed by atoms with van der Waals surface area (Å²) in [6, 6.07) is 9.70. The minimum absolute atomic E-state index is 0.0515. The molecule has 4 heteroatoms. The van der Waals surface area contributed by atoms with Gasteiger partial charge in [0.25, 0.3) is 5.91 Å². The van der Waals surface area contributed by atoms with Gasteiger partial charge in [0, 0.05) is 0 Å². The van der Waals surface area contributed by atoms with Gasteiger partial charge in [-0.2, -0.15) is 0 Å². The average molecular weight is 258 g/mol. The molecule has 3 N–H and O–H groups in total. The summed E-state index contributed by atoms with van der Waals surface area (Å²) in [6.07, 6.45) is 1.43. The molecule has 0 bridgehead atoms. The van der Waals surface area contributed by atoms with E-state index >= 15 is 0 Å². The lowest BCUT2D eigenvalue weighted by Crippen LogP contribution is -2.26. The molecule has 0 aliphatic heterocycles. The van der Waals surface area contributed by atoms with Crippen LogP contribution in [0, 0.1) is 6.92 Å². The molecule has 4 nitrogen and oxygen atoms in total. The predicted molar refractivity (Wildman–Crippen MR) is 73.7 cm³/mol. The number of benzene rings is 1. The largest absolute Gasteiger partial charge is 0.467 e. The molecule has 0 aliphatic carbocycles. The topological polar surface area (TPSA) is 68.3 Å². The lowest BCUT2D eigenvalue weighted by atomic mass is 10.1. The van der Waals surface area contributed by atoms with E-state index in [0.29, 0.717) is 17.9 Å². The highest BCUT2D eigenvalue weighted by atomic mass is 16.3. The zero-order chi connectivity index (χ0) is 13.8. The standard InChI is InChI=1S/C15H18N2O2/c1-10-3-5-12(6-4-10)11(2)17-15(18)13-7-14(8-16)19-9-13/h3-7,9,11H,8,16H2,1-2H3,(H,17,18). The van der Waals surface area contributed by atoms with Crippen molar-refractivity contribution >= 4 is 5.91 Å². The molecule has 2 aromatic rings. The lowest BCUT2D eigenvalue weighted by molar-refractivity contribution is 0.0939. The zero-order valence-corrected chi connectivity index (χ0v) is 11.1. The first kappa shape index (κ1) is 13.4. The second-order valence-electron chi connectivity index (χ2n) is 4.61. The molecule has 0 saturated carbocycles. The van der Waals surface area contributed by atoms with Crippen LogP contribution in [0.3, 0.4) is 0 Å². The Bertz CT molecular complexity index is 558. The molecule has 1 unspecified atom stereocenters. The predicted octanol–water partition coefficient (Wildman–Crippen LogP) is 2.54. The van der Waals surface area contributed by atoms with Crippen molar-refractivity contribution in [2.24, 2.45) is 5.73 Å². The number of aryl methyl sites for hydroxylation is 1. The normalized spacial score (nSPS) is 12.2. The second-order valence-corrected chi connectivity index (χ2v) is 4.61. The smallest absolute Gasteiger partial charge is 0.255 e. The van der Waals surface area contributed by atoms with E-state index in [2.05, 4.69) is 5.32 Å². The van der Waals surface area contributed by atoms with Crippen molar-refractivity contribution in [3.63, 3.8) is 0 Å². The third-order valence-corrected chi connectivity index (χ3v) is 3.04. The summed E-state index contributed by atoms with van der Waals surface area (Å²) in [5.74, 6) is 0.449. The molecule has 19 heavy (non-hydrogen) atoms. The molecule has 0 fully saturated rings. The molecule has 1 heterocycles. The minimum Gasteiger partial charge on any atom is -0.467 e. The highest BCUT2D eigenvalue weighted by Gasteiger charge is 2.13. The van der Waals surface area contributed by atoms with Crippen LogP contribution in [0.4, 0.5) is 0 Å². The first-order valence-corrected chi connectivity index (χ1v) is 6.25. The maximum absolute atomic E-state index is 12.0. The van der Waals surface area contributed by atoms with Crippen molar-refractivity contribution in [3.8, 4) is 0 Å². The Hall–Kier alpha value is -2.07. The minimum atomic E-state index is -0.156. The van der Waals surface area contributed by atoms with E-state index in [9.17, 15) is 4.79 Å². The molecule has 100 valence electrons. The molecule has 1 aromatic carbocycles. The van der Waals surface area contributed by atoms with Crippen LogP contribution in [0.25, 0.3) is 0 Å². The molecule has 0 radical (unpaired) electrons. The summed E-state index contributed by atoms with van der Waals surface area (Å²) in [7, 11) is 0. The van der Waals surface area contributed by atoms with Gasteiger partial charge in [0.2, 0.25) is 0 Å². The van der Waals surface area contributed by atoms with E-state index in [0.717, 1.165) is 5.56 Å². The van der Waals surface area contributed by atoms with Gasteiger partial charge in [-0.1, -0.05) is 29.8 Å². The second kappa shape index (κ2) is 5.71. The van der Waals surface area contributed by atoms with Crippen LogP contribution < -0.4 is 11.1 Å². The third kappa shape index (κ3) is 3.23. The van der Waals surface area contributed by atoms with Crippen molar-refractivity contribution in [3.05, 3.63) is 59.0 Å². The Kier molecular flexibility index (Phi) is 4.02. The Labute approximate surface area is 112 Å². The van der Waals surface area contributed by atoms with Gasteiger partial charge in [-0.05, 0) is 25.5 Å². The summed E-state index contributed by atoms with van der Waals surface area (Å²) in [4.78, 5) is 12.0. The van der Waals surface area contributed by atoms with E-state index in [1.807, 2.05) is 38.1 Å². The first-order chi connectivity index (χ1) is 9.10. The van der Waals surface area contributed by atoms with Crippen molar-refractivity contribution in [1.82, 2.24) is 5.32 Å². The Morgan fingerprint density at radius 2 is 2.05 bits per heavy atom. The summed E-state index contributed by atoms with van der Waals surface area (Å²) in [5, 5.41) is 2.93. The number of hydrogen-bond acceptors (Lipinski definition) is 3. The van der Waals surface area contributed by atoms with Crippen LogP contribution in [0.15, 0.2) is 41.0 Å². The van der Waals surface area contributed by atoms with Crippen molar-refractivity contribution in [2.75, 3.05) is 0 Å². The lowest BCUT2D eigenvalue weighted by Gasteiger charge is -2.13. The maximum Gasteiger partial charge on any atom is 0.255 e. The fourth-order valence-electron chi connectivity index (χ4n) is 1.83. The van der Waals surface area contributed by atoms with E-state index < -0.39 is 0 Å². The highest BCUT2D eigenvalue weighted by Crippen LogP contribution is 2.15. The molecule has 2 rings (SSSR count). The van der Waals surface area contributed by atoms with Crippen LogP contribution in [-0.4, -0.2) is 5.91 Å². The average Bonchev–Trinajstić information content (AvgIpc) is 2.88. The van der Waals surface area contributed by atoms with Crippen LogP contribution in [-0.2, 0) is 6.54 Å². The summed E-state index contributed by atoms with van der Waals surface area (Å²) in [5.41, 5.74) is 8.21. The Balaban J connectivity index is 2.04. The van der Waals surface area contributed by atoms with Crippen molar-refractivity contribution < 1.29 is 9.21 Å². The monoisotopic (exact) mass is 258 g/mol. The fraction of sp³-hybridized carbons (Fsp3) is 0.267. The SMILES string of the molecule is Cc1ccc(C(C)NC(=O)c2coc(CN)c2)cc1. The first-order valence-electron chi connectivity index (χ1n) is 6.25.